The van der Waals surface area contributed by atoms with Gasteiger partial charge in [-0.25, -0.2) is 19.1 Å². The third-order valence-corrected chi connectivity index (χ3v) is 9.27. The van der Waals surface area contributed by atoms with Crippen LogP contribution in [0.3, 0.4) is 0 Å². The number of nitrogens with zero attached hydrogens (tertiary/aromatic N) is 6. The minimum absolute atomic E-state index is 0.176. The van der Waals surface area contributed by atoms with Crippen LogP contribution in [0.1, 0.15) is 56.8 Å². The third-order valence-electron chi connectivity index (χ3n) is 8.53. The lowest BCUT2D eigenvalue weighted by molar-refractivity contribution is 0.0452. The number of alkyl halides is 2. The van der Waals surface area contributed by atoms with Gasteiger partial charge in [0.25, 0.3) is 5.91 Å². The smallest absolute Gasteiger partial charge is 0.407 e. The monoisotopic (exact) mass is 669 g/mol. The number of halogens is 2. The number of ether oxygens (including phenoxy) is 2. The second-order valence-corrected chi connectivity index (χ2v) is 14.0. The molecule has 1 atom stereocenters. The van der Waals surface area contributed by atoms with Crippen molar-refractivity contribution in [3.05, 3.63) is 35.9 Å². The number of hydrogen-bond acceptors (Lipinski definition) is 8. The van der Waals surface area contributed by atoms with Crippen LogP contribution in [0, 0.1) is 5.92 Å². The molecule has 252 valence electrons. The summed E-state index contributed by atoms with van der Waals surface area (Å²) in [6.07, 6.45) is 4.79. The zero-order valence-corrected chi connectivity index (χ0v) is 28.4. The van der Waals surface area contributed by atoms with E-state index in [9.17, 15) is 18.4 Å². The van der Waals surface area contributed by atoms with Crippen molar-refractivity contribution < 1.29 is 27.8 Å². The zero-order valence-electron chi connectivity index (χ0n) is 27.5. The molecular formula is C33H41F2N7O4S. The summed E-state index contributed by atoms with van der Waals surface area (Å²) in [5.74, 6) is 1.65. The SMILES string of the molecule is COc1cc(C(=O)N2CCCC(NC(=O)OC(C)(C)C)C2)cc2nc(-c3cc4ccc(N(SC)C(F)F)nc4n3CC3CC3)n(C)c12. The number of likely N-dealkylation sites (tertiary alicyclic amines) is 1. The van der Waals surface area contributed by atoms with E-state index in [0.717, 1.165) is 58.5 Å². The standard InChI is InChI=1S/C33H41F2N7O4S/c1-33(2,3)46-32(44)36-22-8-7-13-40(18-22)30(43)21-14-23-27(25(16-21)45-5)39(4)29(37-23)24-15-20-11-12-26(42(47-6)31(34)35)38-28(20)41(24)17-19-9-10-19/h11-12,14-16,19,22,31H,7-10,13,17-18H2,1-6H3,(H,36,44). The number of fused-ring (bicyclic) bond motifs is 2. The highest BCUT2D eigenvalue weighted by Crippen LogP contribution is 2.38. The number of aromatic nitrogens is 4. The van der Waals surface area contributed by atoms with Crippen molar-refractivity contribution in [2.75, 3.05) is 30.8 Å². The third kappa shape index (κ3) is 6.83. The van der Waals surface area contributed by atoms with Crippen LogP contribution in [0.15, 0.2) is 30.3 Å². The number of alkyl carbamates (subject to hydrolysis) is 1. The molecule has 1 saturated carbocycles. The number of piperidine rings is 1. The van der Waals surface area contributed by atoms with Crippen LogP contribution in [0.25, 0.3) is 33.6 Å². The Labute approximate surface area is 276 Å². The Hall–Kier alpha value is -4.07. The molecule has 1 unspecified atom stereocenters. The molecule has 1 saturated heterocycles. The Morgan fingerprint density at radius 2 is 1.91 bits per heavy atom. The number of carbonyl (C=O) groups excluding carboxylic acids is 2. The fraction of sp³-hybridized carbons (Fsp3) is 0.515. The Morgan fingerprint density at radius 3 is 2.57 bits per heavy atom. The topological polar surface area (TPSA) is 107 Å². The lowest BCUT2D eigenvalue weighted by atomic mass is 10.0. The minimum Gasteiger partial charge on any atom is -0.494 e. The molecule has 3 aromatic heterocycles. The van der Waals surface area contributed by atoms with Gasteiger partial charge in [-0.15, -0.1) is 0 Å². The molecule has 2 amide bonds. The number of methoxy groups -OCH3 is 1. The van der Waals surface area contributed by atoms with E-state index in [0.29, 0.717) is 53.9 Å². The number of hydrogen-bond donors (Lipinski definition) is 1. The van der Waals surface area contributed by atoms with E-state index in [1.54, 1.807) is 36.5 Å². The van der Waals surface area contributed by atoms with Crippen molar-refractivity contribution in [3.8, 4) is 17.3 Å². The van der Waals surface area contributed by atoms with Gasteiger partial charge in [0.15, 0.2) is 5.82 Å². The van der Waals surface area contributed by atoms with Crippen LogP contribution in [0.5, 0.6) is 5.75 Å². The van der Waals surface area contributed by atoms with Crippen LogP contribution < -0.4 is 14.4 Å². The predicted octanol–water partition coefficient (Wildman–Crippen LogP) is 6.44. The molecule has 14 heteroatoms. The van der Waals surface area contributed by atoms with Crippen molar-refractivity contribution in [3.63, 3.8) is 0 Å². The number of anilines is 1. The highest BCUT2D eigenvalue weighted by molar-refractivity contribution is 7.99. The van der Waals surface area contributed by atoms with Crippen molar-refractivity contribution in [1.29, 1.82) is 0 Å². The molecule has 1 aromatic carbocycles. The second-order valence-electron chi connectivity index (χ2n) is 13.2. The van der Waals surface area contributed by atoms with Gasteiger partial charge < -0.3 is 28.8 Å². The molecule has 4 aromatic rings. The molecule has 1 N–H and O–H groups in total. The van der Waals surface area contributed by atoms with Crippen molar-refractivity contribution in [2.24, 2.45) is 13.0 Å². The normalized spacial score (nSPS) is 17.0. The van der Waals surface area contributed by atoms with Crippen LogP contribution in [-0.4, -0.2) is 80.6 Å². The zero-order chi connectivity index (χ0) is 33.6. The van der Waals surface area contributed by atoms with Gasteiger partial charge in [-0.3, -0.25) is 4.79 Å². The Kier molecular flexibility index (Phi) is 8.98. The first-order valence-electron chi connectivity index (χ1n) is 15.8. The molecule has 0 spiro atoms. The van der Waals surface area contributed by atoms with Crippen molar-refractivity contribution >= 4 is 51.8 Å². The maximum absolute atomic E-state index is 13.8. The number of pyridine rings is 1. The van der Waals surface area contributed by atoms with Gasteiger partial charge in [0.05, 0.1) is 18.3 Å². The molecular weight excluding hydrogens is 628 g/mol. The van der Waals surface area contributed by atoms with Crippen LogP contribution >= 0.6 is 11.9 Å². The average Bonchev–Trinajstić information content (AvgIpc) is 3.69. The summed E-state index contributed by atoms with van der Waals surface area (Å²) >= 11 is 0.929. The van der Waals surface area contributed by atoms with Gasteiger partial charge in [-0.2, -0.15) is 8.78 Å². The van der Waals surface area contributed by atoms with Crippen LogP contribution in [-0.2, 0) is 18.3 Å². The highest BCUT2D eigenvalue weighted by atomic mass is 32.2. The van der Waals surface area contributed by atoms with Crippen molar-refractivity contribution in [1.82, 2.24) is 29.3 Å². The van der Waals surface area contributed by atoms with Crippen LogP contribution in [0.4, 0.5) is 19.4 Å². The number of aryl methyl sites for hydroxylation is 1. The molecule has 2 aliphatic rings. The van der Waals surface area contributed by atoms with Gasteiger partial charge >= 0.3 is 12.6 Å². The first-order valence-corrected chi connectivity index (χ1v) is 17.0. The quantitative estimate of drug-likeness (QED) is 0.160. The van der Waals surface area contributed by atoms with E-state index in [-0.39, 0.29) is 17.8 Å². The van der Waals surface area contributed by atoms with E-state index in [2.05, 4.69) is 14.9 Å². The number of amides is 2. The maximum atomic E-state index is 13.8. The fourth-order valence-corrected chi connectivity index (χ4v) is 6.64. The molecule has 1 aliphatic carbocycles. The molecule has 1 aliphatic heterocycles. The first kappa shape index (κ1) is 32.9. The lowest BCUT2D eigenvalue weighted by Crippen LogP contribution is -2.50. The highest BCUT2D eigenvalue weighted by Gasteiger charge is 2.30. The van der Waals surface area contributed by atoms with Gasteiger partial charge in [0.2, 0.25) is 0 Å². The van der Waals surface area contributed by atoms with Crippen molar-refractivity contribution in [2.45, 2.75) is 71.2 Å². The minimum atomic E-state index is -2.69. The fourth-order valence-electron chi connectivity index (χ4n) is 6.20. The Bertz CT molecular complexity index is 1810. The summed E-state index contributed by atoms with van der Waals surface area (Å²) in [6.45, 7) is 4.36. The Morgan fingerprint density at radius 1 is 1.15 bits per heavy atom. The number of imidazole rings is 1. The maximum Gasteiger partial charge on any atom is 0.407 e. The van der Waals surface area contributed by atoms with E-state index in [4.69, 9.17) is 14.5 Å². The molecule has 6 rings (SSSR count). The summed E-state index contributed by atoms with van der Waals surface area (Å²) in [6, 6.07) is 8.71. The molecule has 0 radical (unpaired) electrons. The van der Waals surface area contributed by atoms with E-state index in [1.807, 2.05) is 44.5 Å². The number of nitrogens with one attached hydrogen (secondary N) is 1. The number of rotatable bonds is 9. The summed E-state index contributed by atoms with van der Waals surface area (Å²) in [5.41, 5.74) is 2.57. The number of benzene rings is 1. The van der Waals surface area contributed by atoms with Gasteiger partial charge in [-0.1, -0.05) is 0 Å². The van der Waals surface area contributed by atoms with E-state index in [1.165, 1.54) is 0 Å². The number of carbonyl (C=O) groups is 2. The van der Waals surface area contributed by atoms with E-state index >= 15 is 0 Å². The van der Waals surface area contributed by atoms with Gasteiger partial charge in [0, 0.05) is 49.9 Å². The largest absolute Gasteiger partial charge is 0.494 e. The van der Waals surface area contributed by atoms with Gasteiger partial charge in [-0.05, 0) is 94.7 Å². The second kappa shape index (κ2) is 12.9. The van der Waals surface area contributed by atoms with Crippen LogP contribution in [0.2, 0.25) is 0 Å². The molecule has 2 fully saturated rings. The first-order chi connectivity index (χ1) is 22.4. The summed E-state index contributed by atoms with van der Waals surface area (Å²) in [7, 11) is 3.46. The molecule has 11 nitrogen and oxygen atoms in total. The van der Waals surface area contributed by atoms with Gasteiger partial charge in [0.1, 0.15) is 28.3 Å². The average molecular weight is 670 g/mol. The summed E-state index contributed by atoms with van der Waals surface area (Å²) < 4.78 is 43.6. The Balaban J connectivity index is 1.34. The summed E-state index contributed by atoms with van der Waals surface area (Å²) in [4.78, 5) is 37.6. The van der Waals surface area contributed by atoms with E-state index < -0.39 is 18.2 Å². The molecule has 0 bridgehead atoms. The lowest BCUT2D eigenvalue weighted by Gasteiger charge is -2.33. The molecule has 4 heterocycles. The molecule has 47 heavy (non-hydrogen) atoms. The summed E-state index contributed by atoms with van der Waals surface area (Å²) in [5, 5.41) is 3.73. The predicted molar refractivity (Wildman–Crippen MR) is 179 cm³/mol.